The lowest BCUT2D eigenvalue weighted by molar-refractivity contribution is 0.0769. The van der Waals surface area contributed by atoms with Crippen LogP contribution in [-0.2, 0) is 6.54 Å². The Morgan fingerprint density at radius 1 is 1.17 bits per heavy atom. The summed E-state index contributed by atoms with van der Waals surface area (Å²) in [6.45, 7) is 6.64. The van der Waals surface area contributed by atoms with Crippen molar-refractivity contribution in [1.82, 2.24) is 14.9 Å². The second-order valence-electron chi connectivity index (χ2n) is 8.79. The van der Waals surface area contributed by atoms with E-state index in [-0.39, 0.29) is 11.7 Å². The first kappa shape index (κ1) is 20.6. The number of aromatic amines is 1. The number of nitrogens with one attached hydrogen (secondary N) is 1. The molecule has 0 aliphatic heterocycles. The smallest absolute Gasteiger partial charge is 0.255 e. The van der Waals surface area contributed by atoms with Gasteiger partial charge in [-0.2, -0.15) is 0 Å². The lowest BCUT2D eigenvalue weighted by atomic mass is 9.91. The molecular weight excluding hydrogens is 374 g/mol. The molecule has 5 heteroatoms. The van der Waals surface area contributed by atoms with E-state index in [1.54, 1.807) is 6.20 Å². The molecule has 5 nitrogen and oxygen atoms in total. The number of nitrogens with zero attached hydrogens (tertiary/aromatic N) is 2. The molecule has 4 rings (SSSR count). The molecule has 3 aromatic rings. The summed E-state index contributed by atoms with van der Waals surface area (Å²) in [6, 6.07) is 12.4. The Balaban J connectivity index is 1.37. The molecule has 0 amide bonds. The molecule has 0 radical (unpaired) electrons. The van der Waals surface area contributed by atoms with Crippen molar-refractivity contribution >= 4 is 10.8 Å². The van der Waals surface area contributed by atoms with E-state index < -0.39 is 0 Å². The average Bonchev–Trinajstić information content (AvgIpc) is 2.74. The number of aromatic nitrogens is 2. The third-order valence-electron chi connectivity index (χ3n) is 5.92. The van der Waals surface area contributed by atoms with Gasteiger partial charge in [-0.25, -0.2) is 0 Å². The standard InChI is InChI=1S/C25H31N3O2/c1-18(2)16-28(17-19-4-3-12-26-15-19)21-5-7-22(8-6-21)30-23-9-10-24-20(14-23)11-13-27-25(24)29/h3-4,9-15,18,21-22H,5-8,16-17H2,1-2H3,(H,27,29). The molecule has 0 unspecified atom stereocenters. The normalized spacial score (nSPS) is 19.5. The van der Waals surface area contributed by atoms with Gasteiger partial charge in [-0.3, -0.25) is 14.7 Å². The fourth-order valence-corrected chi connectivity index (χ4v) is 4.50. The largest absolute Gasteiger partial charge is 0.490 e. The summed E-state index contributed by atoms with van der Waals surface area (Å²) in [5.41, 5.74) is 1.22. The number of ether oxygens (including phenoxy) is 1. The molecule has 0 atom stereocenters. The van der Waals surface area contributed by atoms with Gasteiger partial charge >= 0.3 is 0 Å². The van der Waals surface area contributed by atoms with Gasteiger partial charge in [0.15, 0.2) is 0 Å². The van der Waals surface area contributed by atoms with E-state index in [1.807, 2.05) is 42.7 Å². The van der Waals surface area contributed by atoms with Crippen molar-refractivity contribution in [2.45, 2.75) is 58.2 Å². The summed E-state index contributed by atoms with van der Waals surface area (Å²) in [7, 11) is 0. The fraction of sp³-hybridized carbons (Fsp3) is 0.440. The van der Waals surface area contributed by atoms with Crippen LogP contribution in [0.25, 0.3) is 10.8 Å². The number of pyridine rings is 2. The average molecular weight is 406 g/mol. The minimum Gasteiger partial charge on any atom is -0.490 e. The van der Waals surface area contributed by atoms with Crippen molar-refractivity contribution in [1.29, 1.82) is 0 Å². The zero-order valence-electron chi connectivity index (χ0n) is 17.9. The van der Waals surface area contributed by atoms with Crippen LogP contribution in [0.5, 0.6) is 5.75 Å². The first-order chi connectivity index (χ1) is 14.6. The van der Waals surface area contributed by atoms with E-state index in [0.717, 1.165) is 49.9 Å². The number of hydrogen-bond acceptors (Lipinski definition) is 4. The highest BCUT2D eigenvalue weighted by Gasteiger charge is 2.27. The molecule has 2 heterocycles. The predicted octanol–water partition coefficient (Wildman–Crippen LogP) is 4.77. The van der Waals surface area contributed by atoms with Crippen molar-refractivity contribution in [2.24, 2.45) is 5.92 Å². The van der Waals surface area contributed by atoms with Gasteiger partial charge in [-0.05, 0) is 72.9 Å². The van der Waals surface area contributed by atoms with Gasteiger partial charge in [0.2, 0.25) is 0 Å². The summed E-state index contributed by atoms with van der Waals surface area (Å²) in [5.74, 6) is 1.49. The van der Waals surface area contributed by atoms with Gasteiger partial charge in [-0.15, -0.1) is 0 Å². The first-order valence-corrected chi connectivity index (χ1v) is 11.0. The van der Waals surface area contributed by atoms with E-state index in [4.69, 9.17) is 4.74 Å². The maximum atomic E-state index is 11.9. The molecule has 1 aliphatic carbocycles. The molecule has 1 aliphatic rings. The van der Waals surface area contributed by atoms with Crippen LogP contribution in [0.4, 0.5) is 0 Å². The zero-order chi connectivity index (χ0) is 20.9. The van der Waals surface area contributed by atoms with Gasteiger partial charge < -0.3 is 9.72 Å². The van der Waals surface area contributed by atoms with Crippen molar-refractivity contribution in [2.75, 3.05) is 6.54 Å². The number of rotatable bonds is 7. The van der Waals surface area contributed by atoms with Crippen LogP contribution in [0.3, 0.4) is 0 Å². The number of hydrogen-bond donors (Lipinski definition) is 1. The predicted molar refractivity (Wildman–Crippen MR) is 121 cm³/mol. The van der Waals surface area contributed by atoms with Crippen LogP contribution in [0.15, 0.2) is 59.8 Å². The fourth-order valence-electron chi connectivity index (χ4n) is 4.50. The number of benzene rings is 1. The van der Waals surface area contributed by atoms with Crippen LogP contribution in [-0.4, -0.2) is 33.6 Å². The maximum absolute atomic E-state index is 11.9. The number of H-pyrrole nitrogens is 1. The summed E-state index contributed by atoms with van der Waals surface area (Å²) in [5, 5.41) is 1.62. The minimum absolute atomic E-state index is 0.0570. The van der Waals surface area contributed by atoms with Gasteiger partial charge in [0, 0.05) is 43.1 Å². The maximum Gasteiger partial charge on any atom is 0.255 e. The molecule has 1 N–H and O–H groups in total. The van der Waals surface area contributed by atoms with E-state index in [9.17, 15) is 4.79 Å². The molecule has 30 heavy (non-hydrogen) atoms. The Kier molecular flexibility index (Phi) is 6.48. The van der Waals surface area contributed by atoms with Crippen molar-refractivity contribution < 1.29 is 4.74 Å². The van der Waals surface area contributed by atoms with E-state index in [1.165, 1.54) is 5.56 Å². The SMILES string of the molecule is CC(C)CN(Cc1cccnc1)C1CCC(Oc2ccc3c(=O)[nH]ccc3c2)CC1. The van der Waals surface area contributed by atoms with Crippen LogP contribution in [0.1, 0.15) is 45.1 Å². The second kappa shape index (κ2) is 9.43. The van der Waals surface area contributed by atoms with E-state index in [2.05, 4.69) is 34.8 Å². The first-order valence-electron chi connectivity index (χ1n) is 11.0. The molecule has 1 fully saturated rings. The number of fused-ring (bicyclic) bond motifs is 1. The summed E-state index contributed by atoms with van der Waals surface area (Å²) in [6.07, 6.45) is 10.1. The Labute approximate surface area is 178 Å². The van der Waals surface area contributed by atoms with Crippen molar-refractivity contribution in [3.05, 3.63) is 70.9 Å². The third kappa shape index (κ3) is 5.08. The van der Waals surface area contributed by atoms with Crippen LogP contribution in [0, 0.1) is 5.92 Å². The highest BCUT2D eigenvalue weighted by molar-refractivity contribution is 5.82. The Bertz CT molecular complexity index is 1010. The Hall–Kier alpha value is -2.66. The molecule has 2 aromatic heterocycles. The van der Waals surface area contributed by atoms with E-state index in [0.29, 0.717) is 17.3 Å². The summed E-state index contributed by atoms with van der Waals surface area (Å²) >= 11 is 0. The summed E-state index contributed by atoms with van der Waals surface area (Å²) < 4.78 is 6.29. The lowest BCUT2D eigenvalue weighted by Gasteiger charge is -2.38. The van der Waals surface area contributed by atoms with Gasteiger partial charge in [0.1, 0.15) is 5.75 Å². The van der Waals surface area contributed by atoms with Crippen LogP contribution in [0.2, 0.25) is 0 Å². The minimum atomic E-state index is -0.0570. The van der Waals surface area contributed by atoms with Crippen molar-refractivity contribution in [3.63, 3.8) is 0 Å². The summed E-state index contributed by atoms with van der Waals surface area (Å²) in [4.78, 5) is 21.5. The topological polar surface area (TPSA) is 58.2 Å². The van der Waals surface area contributed by atoms with E-state index >= 15 is 0 Å². The quantitative estimate of drug-likeness (QED) is 0.615. The van der Waals surface area contributed by atoms with Crippen LogP contribution >= 0.6 is 0 Å². The van der Waals surface area contributed by atoms with Crippen molar-refractivity contribution in [3.8, 4) is 5.75 Å². The highest BCUT2D eigenvalue weighted by Crippen LogP contribution is 2.29. The van der Waals surface area contributed by atoms with Crippen LogP contribution < -0.4 is 10.3 Å². The third-order valence-corrected chi connectivity index (χ3v) is 5.92. The Morgan fingerprint density at radius 2 is 2.00 bits per heavy atom. The molecule has 0 spiro atoms. The monoisotopic (exact) mass is 405 g/mol. The highest BCUT2D eigenvalue weighted by atomic mass is 16.5. The molecule has 0 bridgehead atoms. The lowest BCUT2D eigenvalue weighted by Crippen LogP contribution is -2.41. The second-order valence-corrected chi connectivity index (χ2v) is 8.79. The van der Waals surface area contributed by atoms with Gasteiger partial charge in [0.25, 0.3) is 5.56 Å². The van der Waals surface area contributed by atoms with Gasteiger partial charge in [-0.1, -0.05) is 19.9 Å². The molecule has 0 saturated heterocycles. The molecular formula is C25H31N3O2. The molecule has 158 valence electrons. The molecule has 1 saturated carbocycles. The van der Waals surface area contributed by atoms with Gasteiger partial charge in [0.05, 0.1) is 6.10 Å². The Morgan fingerprint density at radius 3 is 2.73 bits per heavy atom. The zero-order valence-corrected chi connectivity index (χ0v) is 17.9. The molecule has 1 aromatic carbocycles.